The Morgan fingerprint density at radius 3 is 2.59 bits per heavy atom. The number of carbonyl (C=O) groups is 2. The number of rotatable bonds is 5. The Morgan fingerprint density at radius 2 is 1.97 bits per heavy atom. The first kappa shape index (κ1) is 19.0. The fourth-order valence-corrected chi connectivity index (χ4v) is 4.48. The second-order valence-electron chi connectivity index (χ2n) is 6.88. The number of carbonyl (C=O) groups excluding carboxylic acids is 2. The summed E-state index contributed by atoms with van der Waals surface area (Å²) in [6, 6.07) is 12.2. The Labute approximate surface area is 172 Å². The molecule has 0 bridgehead atoms. The lowest BCUT2D eigenvalue weighted by Gasteiger charge is -2.27. The number of aromatic nitrogens is 2. The van der Waals surface area contributed by atoms with Gasteiger partial charge in [0.2, 0.25) is 11.7 Å². The summed E-state index contributed by atoms with van der Waals surface area (Å²) in [5.41, 5.74) is 2.14. The topological polar surface area (TPSA) is 87.5 Å². The molecule has 146 valence electrons. The average molecular weight is 405 g/mol. The van der Waals surface area contributed by atoms with Crippen molar-refractivity contribution in [1.82, 2.24) is 9.88 Å². The minimum Gasteiger partial charge on any atom is -0.868 e. The van der Waals surface area contributed by atoms with Gasteiger partial charge in [0, 0.05) is 17.2 Å². The summed E-state index contributed by atoms with van der Waals surface area (Å²) in [5, 5.41) is 13.7. The number of nitrogens with one attached hydrogen (secondary N) is 1. The molecule has 1 N–H and O–H groups in total. The first-order chi connectivity index (χ1) is 14.0. The van der Waals surface area contributed by atoms with Gasteiger partial charge in [0.05, 0.1) is 28.2 Å². The molecule has 1 aliphatic heterocycles. The minimum absolute atomic E-state index is 0.00661. The summed E-state index contributed by atoms with van der Waals surface area (Å²) in [6.45, 7) is 3.78. The fraction of sp³-hybridized carbons (Fsp3) is 0.182. The Hall–Kier alpha value is -3.32. The van der Waals surface area contributed by atoms with Crippen molar-refractivity contribution in [3.8, 4) is 0 Å². The molecule has 0 saturated carbocycles. The summed E-state index contributed by atoms with van der Waals surface area (Å²) in [4.78, 5) is 35.4. The molecular weight excluding hydrogens is 386 g/mol. The van der Waals surface area contributed by atoms with Crippen molar-refractivity contribution in [2.45, 2.75) is 26.4 Å². The highest BCUT2D eigenvalue weighted by atomic mass is 32.1. The molecule has 1 atom stereocenters. The number of pyridine rings is 1. The number of H-pyrrole nitrogens is 1. The lowest BCUT2D eigenvalue weighted by Crippen LogP contribution is -2.32. The molecular formula is C22H19N3O3S. The first-order valence-electron chi connectivity index (χ1n) is 9.18. The zero-order chi connectivity index (χ0) is 20.5. The van der Waals surface area contributed by atoms with Crippen LogP contribution in [-0.2, 0) is 11.3 Å². The van der Waals surface area contributed by atoms with Gasteiger partial charge in [0.15, 0.2) is 12.4 Å². The van der Waals surface area contributed by atoms with E-state index in [0.717, 1.165) is 16.1 Å². The average Bonchev–Trinajstić information content (AvgIpc) is 3.19. The molecule has 1 aromatic carbocycles. The molecule has 3 heterocycles. The maximum atomic E-state index is 13.3. The molecule has 1 amide bonds. The molecule has 0 radical (unpaired) electrons. The predicted octanol–water partition coefficient (Wildman–Crippen LogP) is 2.15. The third kappa shape index (κ3) is 3.45. The van der Waals surface area contributed by atoms with Crippen molar-refractivity contribution in [3.05, 3.63) is 92.9 Å². The molecule has 2 aromatic heterocycles. The van der Waals surface area contributed by atoms with Crippen molar-refractivity contribution in [2.24, 2.45) is 0 Å². The van der Waals surface area contributed by atoms with Crippen LogP contribution >= 0.6 is 11.3 Å². The molecule has 0 saturated heterocycles. The standard InChI is InChI=1S/C22H19N3O3S/c1-13-21(29-14(2)24-13)19(26)17-18(16-8-4-3-5-9-16)25(22(28)20(17)27)12-15-7-6-10-23-11-15/h3-11,18,27H,12H2,1-2H3. The highest BCUT2D eigenvalue weighted by Crippen LogP contribution is 2.40. The van der Waals surface area contributed by atoms with E-state index in [4.69, 9.17) is 0 Å². The van der Waals surface area contributed by atoms with Crippen molar-refractivity contribution in [1.29, 1.82) is 0 Å². The van der Waals surface area contributed by atoms with Crippen molar-refractivity contribution >= 4 is 23.0 Å². The summed E-state index contributed by atoms with van der Waals surface area (Å²) < 4.78 is 0. The molecule has 4 rings (SSSR count). The Balaban J connectivity index is 1.81. The van der Waals surface area contributed by atoms with E-state index in [-0.39, 0.29) is 12.1 Å². The number of hydrogen-bond acceptors (Lipinski definition) is 5. The van der Waals surface area contributed by atoms with Crippen LogP contribution in [-0.4, -0.2) is 21.6 Å². The number of benzene rings is 1. The van der Waals surface area contributed by atoms with Crippen LogP contribution in [0.2, 0.25) is 0 Å². The smallest absolute Gasteiger partial charge is 0.240 e. The van der Waals surface area contributed by atoms with E-state index < -0.39 is 23.5 Å². The number of aryl methyl sites for hydroxylation is 2. The molecule has 29 heavy (non-hydrogen) atoms. The number of nitrogens with zero attached hydrogens (tertiary/aromatic N) is 2. The zero-order valence-corrected chi connectivity index (χ0v) is 16.8. The molecule has 1 aliphatic rings. The van der Waals surface area contributed by atoms with Crippen LogP contribution in [0.25, 0.3) is 0 Å². The number of ketones is 1. The highest BCUT2D eigenvalue weighted by Gasteiger charge is 2.40. The third-order valence-electron chi connectivity index (χ3n) is 4.88. The number of amides is 1. The summed E-state index contributed by atoms with van der Waals surface area (Å²) in [6.07, 6.45) is 3.54. The summed E-state index contributed by atoms with van der Waals surface area (Å²) in [7, 11) is 0. The van der Waals surface area contributed by atoms with Gasteiger partial charge in [-0.3, -0.25) is 9.59 Å². The summed E-state index contributed by atoms with van der Waals surface area (Å²) >= 11 is 1.25. The van der Waals surface area contributed by atoms with E-state index in [2.05, 4.69) is 9.97 Å². The van der Waals surface area contributed by atoms with E-state index in [1.807, 2.05) is 49.4 Å². The molecule has 0 aliphatic carbocycles. The first-order valence-corrected chi connectivity index (χ1v) is 10.00. The SMILES string of the molecule is Cc1nc(C)c(C(=O)C2=C([O-])C(=O)N(Cc3ccc[nH+]c3)C2c2ccccc2)s1. The number of aromatic amines is 1. The van der Waals surface area contributed by atoms with Gasteiger partial charge in [0.25, 0.3) is 0 Å². The van der Waals surface area contributed by atoms with Crippen LogP contribution in [0.4, 0.5) is 0 Å². The minimum atomic E-state index is -0.741. The van der Waals surface area contributed by atoms with Crippen LogP contribution in [0.3, 0.4) is 0 Å². The lowest BCUT2D eigenvalue weighted by atomic mass is 9.95. The van der Waals surface area contributed by atoms with Crippen LogP contribution < -0.4 is 10.1 Å². The van der Waals surface area contributed by atoms with E-state index in [1.54, 1.807) is 19.3 Å². The monoisotopic (exact) mass is 405 g/mol. The van der Waals surface area contributed by atoms with Crippen molar-refractivity contribution in [2.75, 3.05) is 0 Å². The maximum Gasteiger partial charge on any atom is 0.240 e. The lowest BCUT2D eigenvalue weighted by molar-refractivity contribution is -0.378. The normalized spacial score (nSPS) is 16.6. The van der Waals surface area contributed by atoms with Gasteiger partial charge >= 0.3 is 0 Å². The van der Waals surface area contributed by atoms with E-state index in [1.165, 1.54) is 16.2 Å². The van der Waals surface area contributed by atoms with Crippen molar-refractivity contribution < 1.29 is 19.7 Å². The van der Waals surface area contributed by atoms with Gasteiger partial charge in [0.1, 0.15) is 0 Å². The van der Waals surface area contributed by atoms with E-state index >= 15 is 0 Å². The number of Topliss-reactive ketones (excluding diaryl/α,β-unsaturated/α-hetero) is 1. The number of hydrogen-bond donors (Lipinski definition) is 0. The van der Waals surface area contributed by atoms with Gasteiger partial charge < -0.3 is 10.0 Å². The largest absolute Gasteiger partial charge is 0.868 e. The van der Waals surface area contributed by atoms with Gasteiger partial charge in [-0.2, -0.15) is 0 Å². The summed E-state index contributed by atoms with van der Waals surface area (Å²) in [5.74, 6) is -1.82. The van der Waals surface area contributed by atoms with Gasteiger partial charge in [-0.25, -0.2) is 9.97 Å². The Morgan fingerprint density at radius 1 is 1.21 bits per heavy atom. The molecule has 1 unspecified atom stereocenters. The molecule has 3 aromatic rings. The number of thiazole rings is 1. The quantitative estimate of drug-likeness (QED) is 0.609. The molecule has 7 heteroatoms. The molecule has 0 fully saturated rings. The molecule has 6 nitrogen and oxygen atoms in total. The zero-order valence-electron chi connectivity index (χ0n) is 16.0. The van der Waals surface area contributed by atoms with Gasteiger partial charge in [-0.05, 0) is 31.2 Å². The van der Waals surface area contributed by atoms with Gasteiger partial charge in [-0.15, -0.1) is 11.3 Å². The third-order valence-corrected chi connectivity index (χ3v) is 5.95. The Bertz CT molecular complexity index is 1110. The van der Waals surface area contributed by atoms with Crippen LogP contribution in [0.15, 0.2) is 66.2 Å². The predicted molar refractivity (Wildman–Crippen MR) is 106 cm³/mol. The second-order valence-corrected chi connectivity index (χ2v) is 8.08. The highest BCUT2D eigenvalue weighted by molar-refractivity contribution is 7.14. The Kier molecular flexibility index (Phi) is 4.98. The molecule has 0 spiro atoms. The van der Waals surface area contributed by atoms with Gasteiger partial charge in [-0.1, -0.05) is 30.3 Å². The van der Waals surface area contributed by atoms with E-state index in [9.17, 15) is 14.7 Å². The van der Waals surface area contributed by atoms with Crippen LogP contribution in [0.5, 0.6) is 0 Å². The van der Waals surface area contributed by atoms with E-state index in [0.29, 0.717) is 10.6 Å². The second kappa shape index (κ2) is 7.60. The maximum absolute atomic E-state index is 13.3. The van der Waals surface area contributed by atoms with Crippen LogP contribution in [0, 0.1) is 13.8 Å². The van der Waals surface area contributed by atoms with Crippen LogP contribution in [0.1, 0.15) is 37.5 Å². The fourth-order valence-electron chi connectivity index (χ4n) is 3.61. The van der Waals surface area contributed by atoms with Crippen molar-refractivity contribution in [3.63, 3.8) is 0 Å².